The molecule has 0 bridgehead atoms. The summed E-state index contributed by atoms with van der Waals surface area (Å²) in [5.41, 5.74) is 1.11. The number of carbonyl (C=O) groups excluding carboxylic acids is 3. The molecule has 0 radical (unpaired) electrons. The highest BCUT2D eigenvalue weighted by Gasteiger charge is 2.56. The second-order valence-corrected chi connectivity index (χ2v) is 9.98. The summed E-state index contributed by atoms with van der Waals surface area (Å²) in [6, 6.07) is 4.25. The van der Waals surface area contributed by atoms with Crippen LogP contribution in [-0.2, 0) is 35.1 Å². The third-order valence-electron chi connectivity index (χ3n) is 7.45. The number of fused-ring (bicyclic) bond motifs is 2. The van der Waals surface area contributed by atoms with Crippen molar-refractivity contribution in [2.75, 3.05) is 6.54 Å². The van der Waals surface area contributed by atoms with Crippen molar-refractivity contribution in [1.82, 2.24) is 24.9 Å². The average molecular weight is 562 g/mol. The number of carbonyl (C=O) groups is 3. The summed E-state index contributed by atoms with van der Waals surface area (Å²) >= 11 is 0. The Morgan fingerprint density at radius 2 is 1.90 bits per heavy atom. The van der Waals surface area contributed by atoms with Crippen LogP contribution in [0.1, 0.15) is 30.0 Å². The number of amides is 4. The lowest BCUT2D eigenvalue weighted by Gasteiger charge is -2.32. The number of rotatable bonds is 6. The van der Waals surface area contributed by atoms with E-state index < -0.39 is 65.9 Å². The minimum absolute atomic E-state index is 0.200. The highest BCUT2D eigenvalue weighted by Crippen LogP contribution is 2.43. The number of aryl methyl sites for hydroxylation is 2. The lowest BCUT2D eigenvalue weighted by molar-refractivity contribution is -0.187. The number of hydrogen-bond acceptors (Lipinski definition) is 4. The highest BCUT2D eigenvalue weighted by molar-refractivity contribution is 6.10. The molecule has 210 valence electrons. The van der Waals surface area contributed by atoms with Crippen LogP contribution in [-0.4, -0.2) is 56.2 Å². The molecular formula is C27H24F5N5O3. The molecule has 4 amide bonds. The Kier molecular flexibility index (Phi) is 6.63. The molecule has 1 aliphatic heterocycles. The first-order valence-electron chi connectivity index (χ1n) is 12.4. The van der Waals surface area contributed by atoms with Gasteiger partial charge in [-0.25, -0.2) is 13.6 Å². The van der Waals surface area contributed by atoms with Gasteiger partial charge in [0.15, 0.2) is 0 Å². The number of aromatic nitrogens is 2. The largest absolute Gasteiger partial charge is 0.408 e. The SMILES string of the molecule is C[C@H](N(Cc1cc(F)ccc1F)C(=O)CN1C(=O)N[C@]2(CCc3cc(-c4cnn(C)c4)ccc32)C1=O)C(F)(F)F. The zero-order chi connectivity index (χ0) is 29.0. The quantitative estimate of drug-likeness (QED) is 0.364. The van der Waals surface area contributed by atoms with Crippen LogP contribution in [0.3, 0.4) is 0 Å². The molecule has 5 rings (SSSR count). The van der Waals surface area contributed by atoms with Crippen LogP contribution in [0.5, 0.6) is 0 Å². The molecule has 2 aliphatic rings. The molecule has 3 aromatic rings. The fraction of sp³-hybridized carbons (Fsp3) is 0.333. The van der Waals surface area contributed by atoms with Crippen LogP contribution < -0.4 is 5.32 Å². The molecular weight excluding hydrogens is 537 g/mol. The topological polar surface area (TPSA) is 87.5 Å². The van der Waals surface area contributed by atoms with E-state index in [0.717, 1.165) is 28.8 Å². The van der Waals surface area contributed by atoms with E-state index in [4.69, 9.17) is 0 Å². The Hall–Kier alpha value is -4.29. The molecule has 0 saturated carbocycles. The van der Waals surface area contributed by atoms with Crippen LogP contribution >= 0.6 is 0 Å². The van der Waals surface area contributed by atoms with Gasteiger partial charge in [0, 0.05) is 30.9 Å². The Morgan fingerprint density at radius 1 is 1.15 bits per heavy atom. The highest BCUT2D eigenvalue weighted by atomic mass is 19.4. The fourth-order valence-electron chi connectivity index (χ4n) is 5.24. The van der Waals surface area contributed by atoms with E-state index in [9.17, 15) is 36.3 Å². The van der Waals surface area contributed by atoms with Gasteiger partial charge in [-0.05, 0) is 54.7 Å². The standard InChI is InChI=1S/C27H24F5N5O3/c1-15(27(30,31)32)36(13-18-10-20(28)4-6-22(18)29)23(38)14-37-24(39)26(34-25(37)40)8-7-17-9-16(3-5-21(17)26)19-11-33-35(2)12-19/h3-6,9-12,15H,7-8,13-14H2,1-2H3,(H,34,40)/t15-,26-/m0/s1. The van der Waals surface area contributed by atoms with E-state index in [2.05, 4.69) is 10.4 Å². The first kappa shape index (κ1) is 27.3. The number of nitrogens with one attached hydrogen (secondary N) is 1. The Balaban J connectivity index is 1.40. The van der Waals surface area contributed by atoms with Crippen molar-refractivity contribution >= 4 is 17.8 Å². The molecule has 2 aromatic carbocycles. The summed E-state index contributed by atoms with van der Waals surface area (Å²) in [5, 5.41) is 6.78. The van der Waals surface area contributed by atoms with Crippen molar-refractivity contribution in [1.29, 1.82) is 0 Å². The molecule has 2 atom stereocenters. The van der Waals surface area contributed by atoms with E-state index >= 15 is 0 Å². The third kappa shape index (κ3) is 4.69. The first-order valence-corrected chi connectivity index (χ1v) is 12.4. The van der Waals surface area contributed by atoms with Gasteiger partial charge in [-0.15, -0.1) is 0 Å². The summed E-state index contributed by atoms with van der Waals surface area (Å²) in [5.74, 6) is -3.92. The van der Waals surface area contributed by atoms with Gasteiger partial charge in [0.05, 0.1) is 6.20 Å². The minimum atomic E-state index is -4.91. The van der Waals surface area contributed by atoms with Crippen molar-refractivity contribution in [3.05, 3.63) is 77.1 Å². The lowest BCUT2D eigenvalue weighted by atomic mass is 9.90. The van der Waals surface area contributed by atoms with Crippen molar-refractivity contribution < 1.29 is 36.3 Å². The normalized spacial score (nSPS) is 19.2. The zero-order valence-electron chi connectivity index (χ0n) is 21.4. The van der Waals surface area contributed by atoms with E-state index in [1.165, 1.54) is 0 Å². The van der Waals surface area contributed by atoms with Crippen molar-refractivity contribution in [3.63, 3.8) is 0 Å². The van der Waals surface area contributed by atoms with Gasteiger partial charge >= 0.3 is 12.2 Å². The van der Waals surface area contributed by atoms with Crippen LogP contribution in [0, 0.1) is 11.6 Å². The summed E-state index contributed by atoms with van der Waals surface area (Å²) < 4.78 is 70.5. The number of nitrogens with zero attached hydrogens (tertiary/aromatic N) is 4. The van der Waals surface area contributed by atoms with Gasteiger partial charge in [0.2, 0.25) is 5.91 Å². The van der Waals surface area contributed by atoms with E-state index in [0.29, 0.717) is 29.9 Å². The second kappa shape index (κ2) is 9.72. The molecule has 1 aliphatic carbocycles. The van der Waals surface area contributed by atoms with E-state index in [1.807, 2.05) is 12.3 Å². The minimum Gasteiger partial charge on any atom is -0.325 e. The predicted octanol–water partition coefficient (Wildman–Crippen LogP) is 4.04. The third-order valence-corrected chi connectivity index (χ3v) is 7.45. The molecule has 40 heavy (non-hydrogen) atoms. The number of hydrogen-bond donors (Lipinski definition) is 1. The summed E-state index contributed by atoms with van der Waals surface area (Å²) in [7, 11) is 1.78. The number of urea groups is 1. The average Bonchev–Trinajstić information content (AvgIpc) is 3.56. The Bertz CT molecular complexity index is 1520. The molecule has 8 nitrogen and oxygen atoms in total. The number of halogens is 5. The maximum Gasteiger partial charge on any atom is 0.408 e. The molecule has 1 spiro atoms. The van der Waals surface area contributed by atoms with E-state index in [1.54, 1.807) is 30.1 Å². The zero-order valence-corrected chi connectivity index (χ0v) is 21.4. The molecule has 1 aromatic heterocycles. The molecule has 1 N–H and O–H groups in total. The van der Waals surface area contributed by atoms with Crippen molar-refractivity contribution in [2.24, 2.45) is 7.05 Å². The van der Waals surface area contributed by atoms with Gasteiger partial charge in [-0.1, -0.05) is 18.2 Å². The van der Waals surface area contributed by atoms with E-state index in [-0.39, 0.29) is 11.3 Å². The fourth-order valence-corrected chi connectivity index (χ4v) is 5.24. The summed E-state index contributed by atoms with van der Waals surface area (Å²) in [4.78, 5) is 40.5. The Morgan fingerprint density at radius 3 is 2.58 bits per heavy atom. The number of alkyl halides is 3. The Labute approximate surface area is 225 Å². The van der Waals surface area contributed by atoms with Gasteiger partial charge in [0.25, 0.3) is 5.91 Å². The van der Waals surface area contributed by atoms with Gasteiger partial charge in [-0.2, -0.15) is 18.3 Å². The summed E-state index contributed by atoms with van der Waals surface area (Å²) in [6.45, 7) is -1.24. The summed E-state index contributed by atoms with van der Waals surface area (Å²) in [6.07, 6.45) is -0.760. The van der Waals surface area contributed by atoms with Crippen LogP contribution in [0.4, 0.5) is 26.7 Å². The smallest absolute Gasteiger partial charge is 0.325 e. The first-order chi connectivity index (χ1) is 18.8. The molecule has 1 fully saturated rings. The maximum atomic E-state index is 14.2. The molecule has 13 heteroatoms. The predicted molar refractivity (Wildman–Crippen MR) is 131 cm³/mol. The maximum absolute atomic E-state index is 14.2. The van der Waals surface area contributed by atoms with Crippen LogP contribution in [0.25, 0.3) is 11.1 Å². The lowest BCUT2D eigenvalue weighted by Crippen LogP contribution is -2.51. The van der Waals surface area contributed by atoms with Gasteiger partial charge < -0.3 is 10.2 Å². The van der Waals surface area contributed by atoms with Crippen molar-refractivity contribution in [2.45, 2.75) is 44.1 Å². The number of benzene rings is 2. The molecule has 1 saturated heterocycles. The molecule has 2 heterocycles. The van der Waals surface area contributed by atoms with Gasteiger partial charge in [-0.3, -0.25) is 19.2 Å². The van der Waals surface area contributed by atoms with Crippen molar-refractivity contribution in [3.8, 4) is 11.1 Å². The van der Waals surface area contributed by atoms with Crippen LogP contribution in [0.2, 0.25) is 0 Å². The molecule has 0 unspecified atom stereocenters. The van der Waals surface area contributed by atoms with Crippen LogP contribution in [0.15, 0.2) is 48.8 Å². The monoisotopic (exact) mass is 561 g/mol. The second-order valence-electron chi connectivity index (χ2n) is 9.98. The van der Waals surface area contributed by atoms with Gasteiger partial charge in [0.1, 0.15) is 29.8 Å². The number of imide groups is 1.